The molecule has 0 atom stereocenters. The van der Waals surface area contributed by atoms with Gasteiger partial charge in [-0.25, -0.2) is 9.78 Å². The van der Waals surface area contributed by atoms with Crippen LogP contribution in [0, 0.1) is 6.92 Å². The van der Waals surface area contributed by atoms with Gasteiger partial charge in [-0.05, 0) is 36.8 Å². The van der Waals surface area contributed by atoms with Crippen LogP contribution in [0.25, 0.3) is 16.7 Å². The summed E-state index contributed by atoms with van der Waals surface area (Å²) in [6.45, 7) is 1.99. The Kier molecular flexibility index (Phi) is 3.29. The summed E-state index contributed by atoms with van der Waals surface area (Å²) in [4.78, 5) is 28.1. The van der Waals surface area contributed by atoms with E-state index in [9.17, 15) is 9.59 Å². The van der Waals surface area contributed by atoms with Gasteiger partial charge in [0.05, 0.1) is 22.9 Å². The fourth-order valence-electron chi connectivity index (χ4n) is 2.48. The van der Waals surface area contributed by atoms with Gasteiger partial charge in [-0.1, -0.05) is 6.07 Å². The number of amides is 1. The van der Waals surface area contributed by atoms with E-state index in [2.05, 4.69) is 10.3 Å². The molecule has 2 aromatic heterocycles. The first-order valence-electron chi connectivity index (χ1n) is 6.89. The normalized spacial score (nSPS) is 10.9. The van der Waals surface area contributed by atoms with Crippen molar-refractivity contribution in [2.75, 3.05) is 7.05 Å². The van der Waals surface area contributed by atoms with E-state index in [4.69, 9.17) is 0 Å². The smallest absolute Gasteiger partial charge is 0.333 e. The molecular formula is C16H16N4O2. The maximum Gasteiger partial charge on any atom is 0.333 e. The third kappa shape index (κ3) is 2.09. The Morgan fingerprint density at radius 1 is 1.18 bits per heavy atom. The largest absolute Gasteiger partial charge is 0.354 e. The van der Waals surface area contributed by atoms with Gasteiger partial charge in [0.2, 0.25) is 0 Å². The third-order valence-electron chi connectivity index (χ3n) is 3.68. The van der Waals surface area contributed by atoms with Crippen molar-refractivity contribution in [3.05, 3.63) is 58.3 Å². The number of aryl methyl sites for hydroxylation is 2. The molecule has 22 heavy (non-hydrogen) atoms. The van der Waals surface area contributed by atoms with E-state index in [-0.39, 0.29) is 11.6 Å². The number of carbonyl (C=O) groups is 1. The summed E-state index contributed by atoms with van der Waals surface area (Å²) in [5.41, 5.74) is 3.57. The van der Waals surface area contributed by atoms with E-state index in [0.717, 1.165) is 16.6 Å². The Hall–Kier alpha value is -2.89. The summed E-state index contributed by atoms with van der Waals surface area (Å²) in [6.07, 6.45) is 1.53. The topological polar surface area (TPSA) is 68.9 Å². The van der Waals surface area contributed by atoms with Crippen LogP contribution in [-0.4, -0.2) is 27.1 Å². The third-order valence-corrected chi connectivity index (χ3v) is 3.68. The van der Waals surface area contributed by atoms with Crippen LogP contribution in [0.1, 0.15) is 16.1 Å². The van der Waals surface area contributed by atoms with Gasteiger partial charge in [0, 0.05) is 14.1 Å². The molecule has 1 aromatic carbocycles. The monoisotopic (exact) mass is 296 g/mol. The highest BCUT2D eigenvalue weighted by Crippen LogP contribution is 2.18. The Morgan fingerprint density at radius 3 is 2.59 bits per heavy atom. The summed E-state index contributed by atoms with van der Waals surface area (Å²) in [6, 6.07) is 9.18. The van der Waals surface area contributed by atoms with E-state index in [1.165, 1.54) is 6.20 Å². The molecule has 2 heterocycles. The highest BCUT2D eigenvalue weighted by atomic mass is 16.2. The number of benzene rings is 1. The Balaban J connectivity index is 2.20. The van der Waals surface area contributed by atoms with Gasteiger partial charge in [0.15, 0.2) is 0 Å². The molecule has 0 radical (unpaired) electrons. The van der Waals surface area contributed by atoms with Gasteiger partial charge in [0.1, 0.15) is 5.69 Å². The van der Waals surface area contributed by atoms with E-state index < -0.39 is 0 Å². The Bertz CT molecular complexity index is 920. The molecule has 0 aliphatic rings. The molecule has 0 saturated heterocycles. The average Bonchev–Trinajstić information content (AvgIpc) is 2.78. The molecule has 6 nitrogen and oxygen atoms in total. The van der Waals surface area contributed by atoms with Gasteiger partial charge in [-0.3, -0.25) is 13.9 Å². The Morgan fingerprint density at radius 2 is 1.95 bits per heavy atom. The molecule has 1 N–H and O–H groups in total. The lowest BCUT2D eigenvalue weighted by Gasteiger charge is -2.04. The van der Waals surface area contributed by atoms with Gasteiger partial charge in [-0.2, -0.15) is 0 Å². The number of carbonyl (C=O) groups excluding carboxylic acids is 1. The molecule has 0 spiro atoms. The first kappa shape index (κ1) is 14.1. The van der Waals surface area contributed by atoms with Gasteiger partial charge >= 0.3 is 5.69 Å². The van der Waals surface area contributed by atoms with Crippen molar-refractivity contribution in [1.82, 2.24) is 19.4 Å². The van der Waals surface area contributed by atoms with Crippen molar-refractivity contribution in [3.8, 4) is 5.69 Å². The number of imidazole rings is 1. The quantitative estimate of drug-likeness (QED) is 0.777. The first-order valence-corrected chi connectivity index (χ1v) is 6.89. The minimum Gasteiger partial charge on any atom is -0.354 e. The van der Waals surface area contributed by atoms with Crippen molar-refractivity contribution in [1.29, 1.82) is 0 Å². The van der Waals surface area contributed by atoms with E-state index in [1.807, 2.05) is 25.1 Å². The highest BCUT2D eigenvalue weighted by molar-refractivity contribution is 5.92. The number of rotatable bonds is 2. The lowest BCUT2D eigenvalue weighted by molar-refractivity contribution is 0.0958. The molecule has 0 aliphatic carbocycles. The summed E-state index contributed by atoms with van der Waals surface area (Å²) in [5, 5.41) is 2.52. The predicted octanol–water partition coefficient (Wildman–Crippen LogP) is 1.39. The maximum atomic E-state index is 12.5. The molecule has 0 bridgehead atoms. The number of aromatic nitrogens is 3. The van der Waals surface area contributed by atoms with Crippen molar-refractivity contribution in [2.24, 2.45) is 7.05 Å². The minimum absolute atomic E-state index is 0.143. The fraction of sp³-hybridized carbons (Fsp3) is 0.188. The molecule has 0 unspecified atom stereocenters. The fourth-order valence-corrected chi connectivity index (χ4v) is 2.48. The van der Waals surface area contributed by atoms with Crippen molar-refractivity contribution < 1.29 is 4.79 Å². The van der Waals surface area contributed by atoms with Gasteiger partial charge < -0.3 is 5.32 Å². The van der Waals surface area contributed by atoms with Crippen LogP contribution in [0.4, 0.5) is 0 Å². The predicted molar refractivity (Wildman–Crippen MR) is 84.4 cm³/mol. The molecule has 3 rings (SSSR count). The SMILES string of the molecule is CNC(=O)c1ccc(-n2c(=O)n(C)c3cc(C)ccc32)cn1. The van der Waals surface area contributed by atoms with Gasteiger partial charge in [-0.15, -0.1) is 0 Å². The second-order valence-electron chi connectivity index (χ2n) is 5.15. The zero-order chi connectivity index (χ0) is 15.9. The van der Waals surface area contributed by atoms with E-state index in [0.29, 0.717) is 11.4 Å². The second-order valence-corrected chi connectivity index (χ2v) is 5.15. The molecule has 0 aliphatic heterocycles. The summed E-state index contributed by atoms with van der Waals surface area (Å²) in [7, 11) is 3.29. The second kappa shape index (κ2) is 5.14. The van der Waals surface area contributed by atoms with E-state index >= 15 is 0 Å². The molecule has 0 fully saturated rings. The van der Waals surface area contributed by atoms with Crippen molar-refractivity contribution in [2.45, 2.75) is 6.92 Å². The van der Waals surface area contributed by atoms with Crippen molar-refractivity contribution in [3.63, 3.8) is 0 Å². The first-order chi connectivity index (χ1) is 10.5. The number of nitrogens with one attached hydrogen (secondary N) is 1. The van der Waals surface area contributed by atoms with Crippen LogP contribution in [0.15, 0.2) is 41.3 Å². The maximum absolute atomic E-state index is 12.5. The number of fused-ring (bicyclic) bond motifs is 1. The van der Waals surface area contributed by atoms with Crippen molar-refractivity contribution >= 4 is 16.9 Å². The molecule has 1 amide bonds. The number of nitrogens with zero attached hydrogens (tertiary/aromatic N) is 3. The van der Waals surface area contributed by atoms with Crippen LogP contribution in [0.2, 0.25) is 0 Å². The standard InChI is InChI=1S/C16H16N4O2/c1-10-4-7-13-14(8-10)19(3)16(22)20(13)11-5-6-12(18-9-11)15(21)17-2/h4-9H,1-3H3,(H,17,21). The minimum atomic E-state index is -0.257. The molecule has 3 aromatic rings. The molecule has 112 valence electrons. The molecule has 6 heteroatoms. The lowest BCUT2D eigenvalue weighted by Crippen LogP contribution is -2.22. The van der Waals surface area contributed by atoms with E-state index in [1.54, 1.807) is 35.4 Å². The lowest BCUT2D eigenvalue weighted by atomic mass is 10.2. The summed E-state index contributed by atoms with van der Waals surface area (Å²) in [5.74, 6) is -0.257. The Labute approximate surface area is 127 Å². The molecular weight excluding hydrogens is 280 g/mol. The number of pyridine rings is 1. The average molecular weight is 296 g/mol. The van der Waals surface area contributed by atoms with Crippen LogP contribution < -0.4 is 11.0 Å². The summed E-state index contributed by atoms with van der Waals surface area (Å²) < 4.78 is 3.20. The number of hydrogen-bond acceptors (Lipinski definition) is 3. The van der Waals surface area contributed by atoms with Crippen LogP contribution >= 0.6 is 0 Å². The zero-order valence-electron chi connectivity index (χ0n) is 12.6. The van der Waals surface area contributed by atoms with Crippen LogP contribution in [0.5, 0.6) is 0 Å². The zero-order valence-corrected chi connectivity index (χ0v) is 12.6. The summed E-state index contributed by atoms with van der Waals surface area (Å²) >= 11 is 0. The molecule has 0 saturated carbocycles. The van der Waals surface area contributed by atoms with Crippen LogP contribution in [0.3, 0.4) is 0 Å². The number of hydrogen-bond donors (Lipinski definition) is 1. The highest BCUT2D eigenvalue weighted by Gasteiger charge is 2.13. The van der Waals surface area contributed by atoms with Gasteiger partial charge in [0.25, 0.3) is 5.91 Å². The van der Waals surface area contributed by atoms with Crippen LogP contribution in [-0.2, 0) is 7.05 Å².